The molecule has 0 spiro atoms. The lowest BCUT2D eigenvalue weighted by atomic mass is 9.89. The smallest absolute Gasteiger partial charge is 0.223 e. The van der Waals surface area contributed by atoms with Gasteiger partial charge in [-0.25, -0.2) is 0 Å². The van der Waals surface area contributed by atoms with Crippen LogP contribution in [0.3, 0.4) is 0 Å². The fourth-order valence-electron chi connectivity index (χ4n) is 2.19. The molecule has 3 nitrogen and oxygen atoms in total. The van der Waals surface area contributed by atoms with Gasteiger partial charge in [0.2, 0.25) is 5.91 Å². The lowest BCUT2D eigenvalue weighted by molar-refractivity contribution is -0.126. The Hall–Kier alpha value is -0.570. The van der Waals surface area contributed by atoms with Gasteiger partial charge in [-0.05, 0) is 12.8 Å². The van der Waals surface area contributed by atoms with Crippen LogP contribution in [0.2, 0.25) is 0 Å². The largest absolute Gasteiger partial charge is 0.349 e. The van der Waals surface area contributed by atoms with E-state index in [1.54, 1.807) is 0 Å². The maximum absolute atomic E-state index is 11.7. The van der Waals surface area contributed by atoms with Crippen molar-refractivity contribution in [1.82, 2.24) is 5.32 Å². The Balaban J connectivity index is 2.61. The number of hydrogen-bond acceptors (Lipinski definition) is 2. The summed E-state index contributed by atoms with van der Waals surface area (Å²) in [6, 6.07) is 0. The summed E-state index contributed by atoms with van der Waals surface area (Å²) in [5, 5.41) is 3.16. The van der Waals surface area contributed by atoms with Gasteiger partial charge in [0.1, 0.15) is 0 Å². The molecule has 3 heteroatoms. The van der Waals surface area contributed by atoms with Gasteiger partial charge in [0, 0.05) is 12.5 Å². The summed E-state index contributed by atoms with van der Waals surface area (Å²) in [4.78, 5) is 11.7. The first-order valence-electron chi connectivity index (χ1n) is 6.12. The summed E-state index contributed by atoms with van der Waals surface area (Å²) in [7, 11) is 0. The normalized spacial score (nSPS) is 21.1. The molecule has 0 aromatic rings. The molecule has 15 heavy (non-hydrogen) atoms. The Morgan fingerprint density at radius 3 is 2.20 bits per heavy atom. The van der Waals surface area contributed by atoms with Crippen LogP contribution in [0.25, 0.3) is 0 Å². The van der Waals surface area contributed by atoms with Gasteiger partial charge in [-0.3, -0.25) is 4.79 Å². The van der Waals surface area contributed by atoms with Crippen molar-refractivity contribution in [2.24, 2.45) is 11.7 Å². The second kappa shape index (κ2) is 5.50. The number of rotatable bonds is 3. The van der Waals surface area contributed by atoms with Gasteiger partial charge in [-0.15, -0.1) is 0 Å². The van der Waals surface area contributed by atoms with E-state index in [4.69, 9.17) is 5.73 Å². The molecule has 0 bridgehead atoms. The molecule has 1 aliphatic carbocycles. The molecule has 1 fully saturated rings. The Kier molecular flexibility index (Phi) is 4.58. The van der Waals surface area contributed by atoms with E-state index >= 15 is 0 Å². The van der Waals surface area contributed by atoms with E-state index in [0.29, 0.717) is 6.54 Å². The molecule has 1 aliphatic rings. The van der Waals surface area contributed by atoms with Crippen molar-refractivity contribution in [2.75, 3.05) is 6.54 Å². The molecule has 0 aliphatic heterocycles. The fraction of sp³-hybridized carbons (Fsp3) is 0.917. The molecule has 0 saturated heterocycles. The Morgan fingerprint density at radius 1 is 1.27 bits per heavy atom. The zero-order valence-electron chi connectivity index (χ0n) is 10.0. The van der Waals surface area contributed by atoms with Gasteiger partial charge < -0.3 is 11.1 Å². The van der Waals surface area contributed by atoms with E-state index in [2.05, 4.69) is 5.32 Å². The van der Waals surface area contributed by atoms with Crippen LogP contribution < -0.4 is 11.1 Å². The molecule has 1 amide bonds. The van der Waals surface area contributed by atoms with Gasteiger partial charge in [0.05, 0.1) is 5.54 Å². The van der Waals surface area contributed by atoms with Crippen molar-refractivity contribution >= 4 is 5.91 Å². The molecule has 1 rings (SSSR count). The third-order valence-corrected chi connectivity index (χ3v) is 3.36. The van der Waals surface area contributed by atoms with Crippen LogP contribution in [0.4, 0.5) is 0 Å². The predicted octanol–water partition coefficient (Wildman–Crippen LogP) is 1.81. The van der Waals surface area contributed by atoms with Gasteiger partial charge in [0.25, 0.3) is 0 Å². The quantitative estimate of drug-likeness (QED) is 0.701. The van der Waals surface area contributed by atoms with Crippen molar-refractivity contribution in [3.63, 3.8) is 0 Å². The van der Waals surface area contributed by atoms with Crippen LogP contribution in [-0.4, -0.2) is 18.0 Å². The summed E-state index contributed by atoms with van der Waals surface area (Å²) in [6.07, 6.45) is 7.02. The summed E-state index contributed by atoms with van der Waals surface area (Å²) < 4.78 is 0. The Bertz CT molecular complexity index is 206. The van der Waals surface area contributed by atoms with Crippen molar-refractivity contribution in [1.29, 1.82) is 0 Å². The monoisotopic (exact) mass is 212 g/mol. The molecule has 0 aromatic carbocycles. The molecule has 1 saturated carbocycles. The van der Waals surface area contributed by atoms with E-state index in [0.717, 1.165) is 12.8 Å². The van der Waals surface area contributed by atoms with Crippen molar-refractivity contribution in [2.45, 2.75) is 57.9 Å². The number of nitrogens with one attached hydrogen (secondary N) is 1. The van der Waals surface area contributed by atoms with Crippen molar-refractivity contribution in [3.8, 4) is 0 Å². The molecule has 0 heterocycles. The zero-order chi connectivity index (χ0) is 11.3. The minimum Gasteiger partial charge on any atom is -0.349 e. The third-order valence-electron chi connectivity index (χ3n) is 3.36. The number of amides is 1. The van der Waals surface area contributed by atoms with Gasteiger partial charge in [-0.1, -0.05) is 39.5 Å². The lowest BCUT2D eigenvalue weighted by Gasteiger charge is -2.33. The lowest BCUT2D eigenvalue weighted by Crippen LogP contribution is -2.54. The van der Waals surface area contributed by atoms with Gasteiger partial charge in [0.15, 0.2) is 0 Å². The number of carbonyl (C=O) groups excluding carboxylic acids is 1. The second-order valence-electron chi connectivity index (χ2n) is 5.04. The first kappa shape index (κ1) is 12.5. The average Bonchev–Trinajstić information content (AvgIpc) is 2.44. The van der Waals surface area contributed by atoms with Crippen LogP contribution in [0.15, 0.2) is 0 Å². The second-order valence-corrected chi connectivity index (χ2v) is 5.04. The molecular weight excluding hydrogens is 188 g/mol. The topological polar surface area (TPSA) is 55.1 Å². The Morgan fingerprint density at radius 2 is 1.80 bits per heavy atom. The van der Waals surface area contributed by atoms with Gasteiger partial charge >= 0.3 is 0 Å². The molecule has 3 N–H and O–H groups in total. The maximum Gasteiger partial charge on any atom is 0.223 e. The molecule has 0 aromatic heterocycles. The number of hydrogen-bond donors (Lipinski definition) is 2. The van der Waals surface area contributed by atoms with Crippen molar-refractivity contribution < 1.29 is 4.79 Å². The molecule has 0 radical (unpaired) electrons. The minimum absolute atomic E-state index is 0.0525. The van der Waals surface area contributed by atoms with Crippen LogP contribution >= 0.6 is 0 Å². The predicted molar refractivity (Wildman–Crippen MR) is 62.5 cm³/mol. The first-order chi connectivity index (χ1) is 7.09. The summed E-state index contributed by atoms with van der Waals surface area (Å²) in [6.45, 7) is 4.43. The SMILES string of the molecule is CC(C)C(=O)NC1(CN)CCCCCC1. The highest BCUT2D eigenvalue weighted by Crippen LogP contribution is 2.26. The summed E-state index contributed by atoms with van der Waals surface area (Å²) >= 11 is 0. The molecule has 0 atom stereocenters. The fourth-order valence-corrected chi connectivity index (χ4v) is 2.19. The number of carbonyl (C=O) groups is 1. The highest BCUT2D eigenvalue weighted by atomic mass is 16.2. The first-order valence-corrected chi connectivity index (χ1v) is 6.12. The maximum atomic E-state index is 11.7. The summed E-state index contributed by atoms with van der Waals surface area (Å²) in [5.74, 6) is 0.194. The van der Waals surface area contributed by atoms with Crippen LogP contribution in [0, 0.1) is 5.92 Å². The van der Waals surface area contributed by atoms with E-state index in [-0.39, 0.29) is 17.4 Å². The van der Waals surface area contributed by atoms with E-state index in [9.17, 15) is 4.79 Å². The molecule has 0 unspecified atom stereocenters. The zero-order valence-corrected chi connectivity index (χ0v) is 10.0. The van der Waals surface area contributed by atoms with Crippen molar-refractivity contribution in [3.05, 3.63) is 0 Å². The van der Waals surface area contributed by atoms with E-state index in [1.165, 1.54) is 25.7 Å². The minimum atomic E-state index is -0.113. The highest BCUT2D eigenvalue weighted by Gasteiger charge is 2.31. The third kappa shape index (κ3) is 3.49. The number of nitrogens with two attached hydrogens (primary N) is 1. The van der Waals surface area contributed by atoms with Gasteiger partial charge in [-0.2, -0.15) is 0 Å². The standard InChI is InChI=1S/C12H24N2O/c1-10(2)11(15)14-12(9-13)7-5-3-4-6-8-12/h10H,3-9,13H2,1-2H3,(H,14,15). The van der Waals surface area contributed by atoms with E-state index < -0.39 is 0 Å². The summed E-state index contributed by atoms with van der Waals surface area (Å²) in [5.41, 5.74) is 5.73. The average molecular weight is 212 g/mol. The Labute approximate surface area is 92.8 Å². The molecular formula is C12H24N2O. The van der Waals surface area contributed by atoms with E-state index in [1.807, 2.05) is 13.8 Å². The van der Waals surface area contributed by atoms with Crippen LogP contribution in [0.5, 0.6) is 0 Å². The van der Waals surface area contributed by atoms with Crippen LogP contribution in [0.1, 0.15) is 52.4 Å². The highest BCUT2D eigenvalue weighted by molar-refractivity contribution is 5.78. The molecule has 88 valence electrons. The van der Waals surface area contributed by atoms with Crippen LogP contribution in [-0.2, 0) is 4.79 Å².